The zero-order chi connectivity index (χ0) is 25.8. The Labute approximate surface area is 223 Å². The highest BCUT2D eigenvalue weighted by molar-refractivity contribution is 7.89. The van der Waals surface area contributed by atoms with Crippen molar-refractivity contribution in [3.8, 4) is 0 Å². The van der Waals surface area contributed by atoms with E-state index in [1.165, 1.54) is 4.31 Å². The maximum atomic E-state index is 13.9. The Bertz CT molecular complexity index is 1470. The number of rotatable bonds is 7. The molecule has 0 saturated heterocycles. The van der Waals surface area contributed by atoms with E-state index in [0.717, 1.165) is 28.8 Å². The zero-order valence-electron chi connectivity index (χ0n) is 20.3. The third-order valence-corrected chi connectivity index (χ3v) is 8.55. The van der Waals surface area contributed by atoms with E-state index in [4.69, 9.17) is 11.6 Å². The van der Waals surface area contributed by atoms with Gasteiger partial charge in [0.25, 0.3) is 5.91 Å². The van der Waals surface area contributed by atoms with Gasteiger partial charge in [0, 0.05) is 35.9 Å². The van der Waals surface area contributed by atoms with Crippen LogP contribution in [0, 0.1) is 0 Å². The first-order valence-corrected chi connectivity index (χ1v) is 14.0. The average molecular weight is 531 g/mol. The molecule has 4 aromatic rings. The number of amides is 1. The van der Waals surface area contributed by atoms with Crippen molar-refractivity contribution in [1.29, 1.82) is 0 Å². The lowest BCUT2D eigenvalue weighted by atomic mass is 10.0. The highest BCUT2D eigenvalue weighted by Gasteiger charge is 2.29. The van der Waals surface area contributed by atoms with Crippen molar-refractivity contribution in [3.63, 3.8) is 0 Å². The average Bonchev–Trinajstić information content (AvgIpc) is 2.93. The van der Waals surface area contributed by atoms with E-state index >= 15 is 0 Å². The maximum absolute atomic E-state index is 13.9. The summed E-state index contributed by atoms with van der Waals surface area (Å²) in [5.41, 5.74) is 3.93. The van der Waals surface area contributed by atoms with Crippen LogP contribution in [0.3, 0.4) is 0 Å². The van der Waals surface area contributed by atoms with Crippen LogP contribution in [0.4, 0.5) is 5.69 Å². The van der Waals surface area contributed by atoms with Gasteiger partial charge in [-0.1, -0.05) is 78.3 Å². The molecule has 7 heteroatoms. The topological polar surface area (TPSA) is 57.7 Å². The Morgan fingerprint density at radius 3 is 2.08 bits per heavy atom. The molecule has 1 amide bonds. The first-order chi connectivity index (χ1) is 17.9. The Balaban J connectivity index is 1.47. The minimum atomic E-state index is -3.81. The quantitative estimate of drug-likeness (QED) is 0.281. The summed E-state index contributed by atoms with van der Waals surface area (Å²) in [4.78, 5) is 15.2. The molecule has 0 aliphatic carbocycles. The maximum Gasteiger partial charge on any atom is 0.258 e. The summed E-state index contributed by atoms with van der Waals surface area (Å²) in [5.74, 6) is -0.145. The van der Waals surface area contributed by atoms with Gasteiger partial charge in [-0.2, -0.15) is 4.31 Å². The number of halogens is 1. The molecule has 37 heavy (non-hydrogen) atoms. The van der Waals surface area contributed by atoms with E-state index in [0.29, 0.717) is 23.6 Å². The Morgan fingerprint density at radius 2 is 1.46 bits per heavy atom. The molecule has 5 nitrogen and oxygen atoms in total. The van der Waals surface area contributed by atoms with Crippen molar-refractivity contribution in [2.75, 3.05) is 11.4 Å². The first kappa shape index (κ1) is 25.2. The molecule has 0 atom stereocenters. The molecule has 0 N–H and O–H groups in total. The number of hydrogen-bond acceptors (Lipinski definition) is 3. The molecule has 1 aliphatic rings. The van der Waals surface area contributed by atoms with Crippen LogP contribution in [-0.4, -0.2) is 25.2 Å². The van der Waals surface area contributed by atoms with Crippen molar-refractivity contribution >= 4 is 33.2 Å². The van der Waals surface area contributed by atoms with Gasteiger partial charge in [0.15, 0.2) is 0 Å². The van der Waals surface area contributed by atoms with Gasteiger partial charge in [-0.25, -0.2) is 8.42 Å². The predicted octanol–water partition coefficient (Wildman–Crippen LogP) is 6.32. The third-order valence-electron chi connectivity index (χ3n) is 6.53. The summed E-state index contributed by atoms with van der Waals surface area (Å²) >= 11 is 6.10. The normalized spacial score (nSPS) is 13.4. The number of hydrogen-bond donors (Lipinski definition) is 0. The fourth-order valence-corrected chi connectivity index (χ4v) is 6.33. The van der Waals surface area contributed by atoms with Gasteiger partial charge in [-0.15, -0.1) is 0 Å². The molecule has 5 rings (SSSR count). The Kier molecular flexibility index (Phi) is 7.42. The second-order valence-electron chi connectivity index (χ2n) is 9.11. The minimum absolute atomic E-state index is 0.145. The number of fused-ring (bicyclic) bond motifs is 1. The number of sulfonamides is 1. The number of benzene rings is 4. The second-order valence-corrected chi connectivity index (χ2v) is 11.5. The predicted molar refractivity (Wildman–Crippen MR) is 147 cm³/mol. The van der Waals surface area contributed by atoms with Crippen LogP contribution in [-0.2, 0) is 29.5 Å². The van der Waals surface area contributed by atoms with Crippen molar-refractivity contribution in [2.45, 2.75) is 30.8 Å². The van der Waals surface area contributed by atoms with Crippen LogP contribution in [0.15, 0.2) is 108 Å². The zero-order valence-corrected chi connectivity index (χ0v) is 21.8. The van der Waals surface area contributed by atoms with Gasteiger partial charge in [-0.05, 0) is 65.9 Å². The lowest BCUT2D eigenvalue weighted by molar-refractivity contribution is 0.0985. The van der Waals surface area contributed by atoms with E-state index in [2.05, 4.69) is 0 Å². The van der Waals surface area contributed by atoms with E-state index in [-0.39, 0.29) is 23.9 Å². The SMILES string of the molecule is O=C(c1cccc(Cl)c1)N1CCCc2cc(S(=O)(=O)N(Cc3ccccc3)Cc3ccccc3)ccc21. The summed E-state index contributed by atoms with van der Waals surface area (Å²) < 4.78 is 29.4. The number of carbonyl (C=O) groups excluding carboxylic acids is 1. The Morgan fingerprint density at radius 1 is 0.811 bits per heavy atom. The molecule has 188 valence electrons. The van der Waals surface area contributed by atoms with E-state index in [1.54, 1.807) is 47.4 Å². The van der Waals surface area contributed by atoms with Gasteiger partial charge in [0.1, 0.15) is 0 Å². The molecular weight excluding hydrogens is 504 g/mol. The van der Waals surface area contributed by atoms with Gasteiger partial charge in [0.05, 0.1) is 4.90 Å². The molecule has 0 radical (unpaired) electrons. The molecule has 0 unspecified atom stereocenters. The van der Waals surface area contributed by atoms with Gasteiger partial charge in [0.2, 0.25) is 10.0 Å². The smallest absolute Gasteiger partial charge is 0.258 e. The summed E-state index contributed by atoms with van der Waals surface area (Å²) in [6.07, 6.45) is 1.45. The van der Waals surface area contributed by atoms with Crippen LogP contribution in [0.2, 0.25) is 5.02 Å². The highest BCUT2D eigenvalue weighted by atomic mass is 35.5. The molecular formula is C30H27ClN2O3S. The van der Waals surface area contributed by atoms with Crippen molar-refractivity contribution in [1.82, 2.24) is 4.31 Å². The number of carbonyl (C=O) groups is 1. The number of anilines is 1. The molecule has 0 aromatic heterocycles. The molecule has 4 aromatic carbocycles. The number of aryl methyl sites for hydroxylation is 1. The van der Waals surface area contributed by atoms with Crippen molar-refractivity contribution in [2.24, 2.45) is 0 Å². The van der Waals surface area contributed by atoms with E-state index in [9.17, 15) is 13.2 Å². The van der Waals surface area contributed by atoms with Gasteiger partial charge >= 0.3 is 0 Å². The fraction of sp³-hybridized carbons (Fsp3) is 0.167. The fourth-order valence-electron chi connectivity index (χ4n) is 4.67. The third kappa shape index (κ3) is 5.62. The van der Waals surface area contributed by atoms with Crippen LogP contribution in [0.1, 0.15) is 33.5 Å². The second kappa shape index (κ2) is 10.9. The largest absolute Gasteiger partial charge is 0.308 e. The number of nitrogens with zero attached hydrogens (tertiary/aromatic N) is 2. The molecule has 0 fully saturated rings. The van der Waals surface area contributed by atoms with Crippen LogP contribution in [0.25, 0.3) is 0 Å². The van der Waals surface area contributed by atoms with Gasteiger partial charge < -0.3 is 4.90 Å². The van der Waals surface area contributed by atoms with Crippen LogP contribution >= 0.6 is 11.6 Å². The van der Waals surface area contributed by atoms with Crippen molar-refractivity contribution in [3.05, 3.63) is 130 Å². The lowest BCUT2D eigenvalue weighted by Crippen LogP contribution is -2.36. The summed E-state index contributed by atoms with van der Waals surface area (Å²) in [6, 6.07) is 31.2. The molecule has 0 spiro atoms. The van der Waals surface area contributed by atoms with E-state index in [1.807, 2.05) is 60.7 Å². The molecule has 1 heterocycles. The highest BCUT2D eigenvalue weighted by Crippen LogP contribution is 2.32. The monoisotopic (exact) mass is 530 g/mol. The van der Waals surface area contributed by atoms with Crippen molar-refractivity contribution < 1.29 is 13.2 Å². The van der Waals surface area contributed by atoms with E-state index < -0.39 is 10.0 Å². The van der Waals surface area contributed by atoms with Crippen LogP contribution in [0.5, 0.6) is 0 Å². The van der Waals surface area contributed by atoms with Crippen LogP contribution < -0.4 is 4.90 Å². The summed E-state index contributed by atoms with van der Waals surface area (Å²) in [7, 11) is -3.81. The Hall–Kier alpha value is -3.45. The first-order valence-electron chi connectivity index (χ1n) is 12.2. The van der Waals surface area contributed by atoms with Gasteiger partial charge in [-0.3, -0.25) is 4.79 Å². The minimum Gasteiger partial charge on any atom is -0.308 e. The molecule has 0 bridgehead atoms. The molecule has 0 saturated carbocycles. The summed E-state index contributed by atoms with van der Waals surface area (Å²) in [6.45, 7) is 1.08. The summed E-state index contributed by atoms with van der Waals surface area (Å²) in [5, 5.41) is 0.501. The standard InChI is InChI=1S/C30H27ClN2O3S/c31-27-15-7-13-26(19-27)30(34)33-18-8-14-25-20-28(16-17-29(25)33)37(35,36)32(21-23-9-3-1-4-10-23)22-24-11-5-2-6-12-24/h1-7,9-13,15-17,19-20H,8,14,18,21-22H2. The molecule has 1 aliphatic heterocycles. The lowest BCUT2D eigenvalue weighted by Gasteiger charge is -2.30.